The van der Waals surface area contributed by atoms with Crippen LogP contribution < -0.4 is 10.9 Å². The Kier molecular flexibility index (Phi) is 8.56. The van der Waals surface area contributed by atoms with Gasteiger partial charge in [0.25, 0.3) is 5.91 Å². The van der Waals surface area contributed by atoms with Gasteiger partial charge in [-0.25, -0.2) is 4.39 Å². The Bertz CT molecular complexity index is 1070. The Balaban J connectivity index is 1.66. The van der Waals surface area contributed by atoms with E-state index in [-0.39, 0.29) is 17.4 Å². The molecular formula is C23H27FN6O2S. The van der Waals surface area contributed by atoms with E-state index in [1.807, 2.05) is 49.0 Å². The van der Waals surface area contributed by atoms with Gasteiger partial charge in [0.2, 0.25) is 5.91 Å². The van der Waals surface area contributed by atoms with Gasteiger partial charge in [0.1, 0.15) is 5.82 Å². The Morgan fingerprint density at radius 1 is 1.06 bits per heavy atom. The molecule has 0 radical (unpaired) electrons. The molecule has 0 aliphatic heterocycles. The highest BCUT2D eigenvalue weighted by Gasteiger charge is 2.22. The first-order chi connectivity index (χ1) is 15.9. The van der Waals surface area contributed by atoms with Crippen LogP contribution in [-0.2, 0) is 11.3 Å². The van der Waals surface area contributed by atoms with Crippen molar-refractivity contribution in [3.63, 3.8) is 0 Å². The van der Waals surface area contributed by atoms with E-state index < -0.39 is 17.6 Å². The summed E-state index contributed by atoms with van der Waals surface area (Å²) in [5.41, 5.74) is 6.05. The minimum Gasteiger partial charge on any atom is -0.300 e. The molecule has 0 unspecified atom stereocenters. The van der Waals surface area contributed by atoms with E-state index in [0.717, 1.165) is 17.8 Å². The van der Waals surface area contributed by atoms with Crippen LogP contribution >= 0.6 is 11.8 Å². The lowest BCUT2D eigenvalue weighted by Gasteiger charge is -2.23. The monoisotopic (exact) mass is 470 g/mol. The van der Waals surface area contributed by atoms with Crippen LogP contribution in [0.2, 0.25) is 0 Å². The van der Waals surface area contributed by atoms with Gasteiger partial charge in [-0.1, -0.05) is 49.0 Å². The molecule has 8 nitrogen and oxygen atoms in total. The molecule has 2 aromatic carbocycles. The highest BCUT2D eigenvalue weighted by Crippen LogP contribution is 2.26. The number of carbonyl (C=O) groups excluding carboxylic acids is 2. The standard InChI is InChI=1S/C23H27FN6O2S/c1-4-19(29(2)3)21-26-28-23(30(21)14-16-8-6-5-7-9-16)33-15-20(31)25-27-22(32)17-10-12-18(24)13-11-17/h5-13,19H,4,14-15H2,1-3H3,(H,25,31)(H,27,32)/t19-/m1/s1. The van der Waals surface area contributed by atoms with Crippen LogP contribution in [0.1, 0.15) is 41.1 Å². The Morgan fingerprint density at radius 3 is 2.39 bits per heavy atom. The van der Waals surface area contributed by atoms with Crippen LogP contribution in [0.5, 0.6) is 0 Å². The second-order valence-electron chi connectivity index (χ2n) is 7.60. The third-order valence-electron chi connectivity index (χ3n) is 4.99. The average molecular weight is 471 g/mol. The maximum Gasteiger partial charge on any atom is 0.269 e. The molecule has 0 spiro atoms. The molecular weight excluding hydrogens is 443 g/mol. The van der Waals surface area contributed by atoms with E-state index in [2.05, 4.69) is 32.9 Å². The molecule has 0 fully saturated rings. The quantitative estimate of drug-likeness (QED) is 0.369. The van der Waals surface area contributed by atoms with Gasteiger partial charge >= 0.3 is 0 Å². The Hall–Kier alpha value is -3.24. The summed E-state index contributed by atoms with van der Waals surface area (Å²) in [6, 6.07) is 15.1. The number of hydrogen-bond donors (Lipinski definition) is 2. The van der Waals surface area contributed by atoms with E-state index in [4.69, 9.17) is 0 Å². The first-order valence-corrected chi connectivity index (χ1v) is 11.5. The number of thioether (sulfide) groups is 1. The van der Waals surface area contributed by atoms with Gasteiger partial charge in [0, 0.05) is 5.56 Å². The van der Waals surface area contributed by atoms with Crippen molar-refractivity contribution in [1.29, 1.82) is 0 Å². The molecule has 174 valence electrons. The summed E-state index contributed by atoms with van der Waals surface area (Å²) in [5, 5.41) is 9.37. The molecule has 0 aliphatic carbocycles. The summed E-state index contributed by atoms with van der Waals surface area (Å²) >= 11 is 1.24. The summed E-state index contributed by atoms with van der Waals surface area (Å²) in [5.74, 6) is -0.495. The van der Waals surface area contributed by atoms with Gasteiger partial charge in [0.05, 0.1) is 18.3 Å². The van der Waals surface area contributed by atoms with Gasteiger partial charge in [-0.05, 0) is 50.3 Å². The Labute approximate surface area is 196 Å². The normalized spacial score (nSPS) is 11.9. The molecule has 1 aromatic heterocycles. The molecule has 3 aromatic rings. The summed E-state index contributed by atoms with van der Waals surface area (Å²) in [6.45, 7) is 2.68. The van der Waals surface area contributed by atoms with E-state index in [0.29, 0.717) is 11.7 Å². The van der Waals surface area contributed by atoms with Crippen molar-refractivity contribution in [2.24, 2.45) is 0 Å². The molecule has 0 aliphatic rings. The summed E-state index contributed by atoms with van der Waals surface area (Å²) < 4.78 is 15.0. The van der Waals surface area contributed by atoms with Crippen LogP contribution in [0.25, 0.3) is 0 Å². The van der Waals surface area contributed by atoms with Crippen LogP contribution in [0.3, 0.4) is 0 Å². The fourth-order valence-electron chi connectivity index (χ4n) is 3.31. The zero-order chi connectivity index (χ0) is 23.8. The molecule has 2 N–H and O–H groups in total. The smallest absolute Gasteiger partial charge is 0.269 e. The second kappa shape index (κ2) is 11.6. The zero-order valence-corrected chi connectivity index (χ0v) is 19.6. The lowest BCUT2D eigenvalue weighted by Crippen LogP contribution is -2.42. The number of hydrogen-bond acceptors (Lipinski definition) is 6. The lowest BCUT2D eigenvalue weighted by molar-refractivity contribution is -0.119. The van der Waals surface area contributed by atoms with E-state index in [9.17, 15) is 14.0 Å². The molecule has 1 heterocycles. The number of benzene rings is 2. The molecule has 1 atom stereocenters. The Morgan fingerprint density at radius 2 is 1.76 bits per heavy atom. The van der Waals surface area contributed by atoms with E-state index in [1.54, 1.807) is 0 Å². The largest absolute Gasteiger partial charge is 0.300 e. The van der Waals surface area contributed by atoms with Gasteiger partial charge in [-0.2, -0.15) is 0 Å². The molecule has 2 amide bonds. The SMILES string of the molecule is CC[C@H](c1nnc(SCC(=O)NNC(=O)c2ccc(F)cc2)n1Cc1ccccc1)N(C)C. The van der Waals surface area contributed by atoms with Crippen molar-refractivity contribution in [3.8, 4) is 0 Å². The maximum absolute atomic E-state index is 13.0. The van der Waals surface area contributed by atoms with Gasteiger partial charge in [-0.3, -0.25) is 25.3 Å². The molecule has 0 bridgehead atoms. The minimum atomic E-state index is -0.528. The average Bonchev–Trinajstić information content (AvgIpc) is 3.19. The molecule has 3 rings (SSSR count). The number of amides is 2. The number of halogens is 1. The zero-order valence-electron chi connectivity index (χ0n) is 18.8. The van der Waals surface area contributed by atoms with Crippen molar-refractivity contribution >= 4 is 23.6 Å². The van der Waals surface area contributed by atoms with Crippen LogP contribution in [-0.4, -0.2) is 51.3 Å². The highest BCUT2D eigenvalue weighted by molar-refractivity contribution is 7.99. The predicted molar refractivity (Wildman–Crippen MR) is 125 cm³/mol. The molecule has 0 saturated heterocycles. The van der Waals surface area contributed by atoms with Crippen molar-refractivity contribution in [2.75, 3.05) is 19.8 Å². The number of nitrogens with zero attached hydrogens (tertiary/aromatic N) is 4. The summed E-state index contributed by atoms with van der Waals surface area (Å²) in [6.07, 6.45) is 0.862. The van der Waals surface area contributed by atoms with Crippen molar-refractivity contribution in [2.45, 2.75) is 31.1 Å². The number of aromatic nitrogens is 3. The summed E-state index contributed by atoms with van der Waals surface area (Å²) in [4.78, 5) is 26.5. The first-order valence-electron chi connectivity index (χ1n) is 10.5. The fourth-order valence-corrected chi connectivity index (χ4v) is 4.06. The highest BCUT2D eigenvalue weighted by atomic mass is 32.2. The number of carbonyl (C=O) groups is 2. The predicted octanol–water partition coefficient (Wildman–Crippen LogP) is 3.03. The topological polar surface area (TPSA) is 92.1 Å². The van der Waals surface area contributed by atoms with Gasteiger partial charge < -0.3 is 4.57 Å². The van der Waals surface area contributed by atoms with Crippen molar-refractivity contribution < 1.29 is 14.0 Å². The van der Waals surface area contributed by atoms with Gasteiger partial charge in [-0.15, -0.1) is 10.2 Å². The summed E-state index contributed by atoms with van der Waals surface area (Å²) in [7, 11) is 4.00. The first kappa shape index (κ1) is 24.4. The third-order valence-corrected chi connectivity index (χ3v) is 5.96. The third kappa shape index (κ3) is 6.62. The molecule has 0 saturated carbocycles. The maximum atomic E-state index is 13.0. The lowest BCUT2D eigenvalue weighted by atomic mass is 10.2. The fraction of sp³-hybridized carbons (Fsp3) is 0.304. The van der Waals surface area contributed by atoms with E-state index >= 15 is 0 Å². The molecule has 33 heavy (non-hydrogen) atoms. The number of rotatable bonds is 9. The number of hydrazine groups is 1. The van der Waals surface area contributed by atoms with Crippen LogP contribution in [0.4, 0.5) is 4.39 Å². The van der Waals surface area contributed by atoms with Crippen LogP contribution in [0, 0.1) is 5.82 Å². The van der Waals surface area contributed by atoms with Gasteiger partial charge in [0.15, 0.2) is 11.0 Å². The van der Waals surface area contributed by atoms with E-state index in [1.165, 1.54) is 36.0 Å². The van der Waals surface area contributed by atoms with Crippen LogP contribution in [0.15, 0.2) is 59.8 Å². The minimum absolute atomic E-state index is 0.0371. The second-order valence-corrected chi connectivity index (χ2v) is 8.54. The number of nitrogens with one attached hydrogen (secondary N) is 2. The molecule has 10 heteroatoms. The van der Waals surface area contributed by atoms with Crippen molar-refractivity contribution in [1.82, 2.24) is 30.5 Å². The van der Waals surface area contributed by atoms with Crippen molar-refractivity contribution in [3.05, 3.63) is 77.4 Å².